The molecule has 2 rings (SSSR count). The van der Waals surface area contributed by atoms with Crippen LogP contribution in [0.25, 0.3) is 10.9 Å². The van der Waals surface area contributed by atoms with Crippen molar-refractivity contribution < 1.29 is 4.79 Å². The molecule has 0 fully saturated rings. The Kier molecular flexibility index (Phi) is 3.79. The summed E-state index contributed by atoms with van der Waals surface area (Å²) in [7, 11) is 1.82. The van der Waals surface area contributed by atoms with Crippen LogP contribution in [-0.2, 0) is 4.79 Å². The predicted molar refractivity (Wildman–Crippen MR) is 75.9 cm³/mol. The number of rotatable bonds is 4. The number of nitrogens with zero attached hydrogens (tertiary/aromatic N) is 3. The molecule has 0 bridgehead atoms. The summed E-state index contributed by atoms with van der Waals surface area (Å²) >= 11 is 0. The maximum Gasteiger partial charge on any atom is 0.239 e. The highest BCUT2D eigenvalue weighted by atomic mass is 16.2. The van der Waals surface area contributed by atoms with Crippen LogP contribution >= 0.6 is 0 Å². The van der Waals surface area contributed by atoms with Gasteiger partial charge in [-0.15, -0.1) is 0 Å². The third-order valence-corrected chi connectivity index (χ3v) is 2.75. The van der Waals surface area contributed by atoms with Gasteiger partial charge in [0, 0.05) is 24.7 Å². The molecule has 6 heteroatoms. The molecule has 0 atom stereocenters. The molecular weight excluding hydrogens is 242 g/mol. The lowest BCUT2D eigenvalue weighted by Crippen LogP contribution is -2.35. The van der Waals surface area contributed by atoms with Crippen LogP contribution in [0.2, 0.25) is 0 Å². The van der Waals surface area contributed by atoms with Crippen molar-refractivity contribution in [2.24, 2.45) is 0 Å². The number of carbonyl (C=O) groups excluding carboxylic acids is 1. The number of fused-ring (bicyclic) bond motifs is 1. The number of benzene rings is 1. The van der Waals surface area contributed by atoms with E-state index < -0.39 is 0 Å². The molecule has 0 saturated carbocycles. The molecule has 0 unspecified atom stereocenters. The molecule has 3 N–H and O–H groups in total. The predicted octanol–water partition coefficient (Wildman–Crippen LogP) is 0.784. The van der Waals surface area contributed by atoms with Gasteiger partial charge in [-0.1, -0.05) is 0 Å². The summed E-state index contributed by atoms with van der Waals surface area (Å²) < 4.78 is 0. The van der Waals surface area contributed by atoms with Gasteiger partial charge in [-0.2, -0.15) is 0 Å². The van der Waals surface area contributed by atoms with Crippen LogP contribution in [0.5, 0.6) is 0 Å². The number of hydrogen-bond acceptors (Lipinski definition) is 5. The largest absolute Gasteiger partial charge is 0.399 e. The second-order valence-electron chi connectivity index (χ2n) is 4.28. The van der Waals surface area contributed by atoms with Gasteiger partial charge in [-0.05, 0) is 25.1 Å². The highest BCUT2D eigenvalue weighted by Crippen LogP contribution is 2.23. The number of nitrogens with one attached hydrogen (secondary N) is 1. The first kappa shape index (κ1) is 13.1. The summed E-state index contributed by atoms with van der Waals surface area (Å²) in [5.74, 6) is 0.657. The summed E-state index contributed by atoms with van der Waals surface area (Å²) in [6, 6.07) is 5.46. The zero-order chi connectivity index (χ0) is 13.8. The van der Waals surface area contributed by atoms with E-state index in [0.29, 0.717) is 18.1 Å². The molecule has 2 aromatic rings. The van der Waals surface area contributed by atoms with Crippen molar-refractivity contribution in [3.05, 3.63) is 24.5 Å². The normalized spacial score (nSPS) is 10.4. The first-order valence-corrected chi connectivity index (χ1v) is 6.10. The summed E-state index contributed by atoms with van der Waals surface area (Å²) in [6.45, 7) is 2.75. The average Bonchev–Trinajstić information content (AvgIpc) is 2.38. The molecule has 0 spiro atoms. The fourth-order valence-corrected chi connectivity index (χ4v) is 1.91. The van der Waals surface area contributed by atoms with Crippen molar-refractivity contribution in [1.29, 1.82) is 0 Å². The molecule has 1 aromatic heterocycles. The highest BCUT2D eigenvalue weighted by Gasteiger charge is 2.11. The Morgan fingerprint density at radius 3 is 2.95 bits per heavy atom. The van der Waals surface area contributed by atoms with Gasteiger partial charge >= 0.3 is 0 Å². The Morgan fingerprint density at radius 2 is 2.21 bits per heavy atom. The maximum absolute atomic E-state index is 11.6. The zero-order valence-electron chi connectivity index (χ0n) is 11.1. The van der Waals surface area contributed by atoms with E-state index in [1.54, 1.807) is 11.0 Å². The van der Waals surface area contributed by atoms with Crippen molar-refractivity contribution in [2.45, 2.75) is 6.92 Å². The van der Waals surface area contributed by atoms with Crippen molar-refractivity contribution in [2.75, 3.05) is 30.8 Å². The number of nitrogen functional groups attached to an aromatic ring is 1. The molecule has 0 saturated heterocycles. The third-order valence-electron chi connectivity index (χ3n) is 2.75. The second kappa shape index (κ2) is 5.51. The molecule has 0 aliphatic carbocycles. The van der Waals surface area contributed by atoms with E-state index in [9.17, 15) is 4.79 Å². The molecule has 1 heterocycles. The Bertz CT molecular complexity index is 599. The number of hydrogen-bond donors (Lipinski definition) is 2. The molecule has 1 amide bonds. The van der Waals surface area contributed by atoms with E-state index in [-0.39, 0.29) is 12.5 Å². The van der Waals surface area contributed by atoms with Gasteiger partial charge in [-0.3, -0.25) is 4.79 Å². The minimum Gasteiger partial charge on any atom is -0.399 e. The fourth-order valence-electron chi connectivity index (χ4n) is 1.91. The first-order chi connectivity index (χ1) is 9.11. The van der Waals surface area contributed by atoms with Crippen molar-refractivity contribution in [1.82, 2.24) is 15.3 Å². The molecular formula is C13H17N5O. The first-order valence-electron chi connectivity index (χ1n) is 6.10. The summed E-state index contributed by atoms with van der Waals surface area (Å²) in [5.41, 5.74) is 7.24. The van der Waals surface area contributed by atoms with Crippen LogP contribution in [0, 0.1) is 0 Å². The van der Waals surface area contributed by atoms with E-state index >= 15 is 0 Å². The number of amides is 1. The molecule has 19 heavy (non-hydrogen) atoms. The standard InChI is InChI=1S/C13H17N5O/c1-3-15-12(19)7-18(2)13-10-6-9(14)4-5-11(10)16-8-17-13/h4-6,8H,3,7,14H2,1-2H3,(H,15,19). The maximum atomic E-state index is 11.6. The average molecular weight is 259 g/mol. The number of anilines is 2. The Labute approximate surface area is 111 Å². The van der Waals surface area contributed by atoms with Crippen LogP contribution in [0.3, 0.4) is 0 Å². The van der Waals surface area contributed by atoms with E-state index in [1.165, 1.54) is 6.33 Å². The van der Waals surface area contributed by atoms with E-state index in [0.717, 1.165) is 10.9 Å². The topological polar surface area (TPSA) is 84.1 Å². The van der Waals surface area contributed by atoms with Gasteiger partial charge in [-0.25, -0.2) is 9.97 Å². The minimum atomic E-state index is -0.0411. The summed E-state index contributed by atoms with van der Waals surface area (Å²) in [6.07, 6.45) is 1.49. The van der Waals surface area contributed by atoms with E-state index in [4.69, 9.17) is 5.73 Å². The molecule has 0 radical (unpaired) electrons. The summed E-state index contributed by atoms with van der Waals surface area (Å²) in [4.78, 5) is 21.8. The van der Waals surface area contributed by atoms with Crippen LogP contribution in [0.4, 0.5) is 11.5 Å². The Hall–Kier alpha value is -2.37. The smallest absolute Gasteiger partial charge is 0.239 e. The van der Waals surface area contributed by atoms with Gasteiger partial charge in [0.05, 0.1) is 12.1 Å². The Balaban J connectivity index is 2.33. The number of nitrogens with two attached hydrogens (primary N) is 1. The minimum absolute atomic E-state index is 0.0411. The molecule has 6 nitrogen and oxygen atoms in total. The number of likely N-dealkylation sites (N-methyl/N-ethyl adjacent to an activating group) is 2. The molecule has 0 aliphatic heterocycles. The number of carbonyl (C=O) groups is 1. The zero-order valence-corrected chi connectivity index (χ0v) is 11.1. The van der Waals surface area contributed by atoms with Gasteiger partial charge in [0.2, 0.25) is 5.91 Å². The van der Waals surface area contributed by atoms with Gasteiger partial charge < -0.3 is 16.0 Å². The van der Waals surface area contributed by atoms with Crippen molar-refractivity contribution >= 4 is 28.3 Å². The fraction of sp³-hybridized carbons (Fsp3) is 0.308. The quantitative estimate of drug-likeness (QED) is 0.793. The van der Waals surface area contributed by atoms with E-state index in [1.807, 2.05) is 26.1 Å². The lowest BCUT2D eigenvalue weighted by molar-refractivity contribution is -0.119. The van der Waals surface area contributed by atoms with Gasteiger partial charge in [0.1, 0.15) is 12.1 Å². The highest BCUT2D eigenvalue weighted by molar-refractivity contribution is 5.93. The lowest BCUT2D eigenvalue weighted by atomic mass is 10.2. The van der Waals surface area contributed by atoms with Crippen molar-refractivity contribution in [3.8, 4) is 0 Å². The molecule has 100 valence electrons. The third kappa shape index (κ3) is 2.90. The summed E-state index contributed by atoms with van der Waals surface area (Å²) in [5, 5.41) is 3.60. The van der Waals surface area contributed by atoms with E-state index in [2.05, 4.69) is 15.3 Å². The molecule has 0 aliphatic rings. The van der Waals surface area contributed by atoms with Crippen molar-refractivity contribution in [3.63, 3.8) is 0 Å². The Morgan fingerprint density at radius 1 is 1.42 bits per heavy atom. The van der Waals surface area contributed by atoms with Gasteiger partial charge in [0.25, 0.3) is 0 Å². The SMILES string of the molecule is CCNC(=O)CN(C)c1ncnc2ccc(N)cc12. The second-order valence-corrected chi connectivity index (χ2v) is 4.28. The van der Waals surface area contributed by atoms with Crippen LogP contribution in [0.1, 0.15) is 6.92 Å². The number of aromatic nitrogens is 2. The van der Waals surface area contributed by atoms with Gasteiger partial charge in [0.15, 0.2) is 0 Å². The monoisotopic (exact) mass is 259 g/mol. The van der Waals surface area contributed by atoms with Crippen LogP contribution < -0.4 is 16.0 Å². The lowest BCUT2D eigenvalue weighted by Gasteiger charge is -2.19. The van der Waals surface area contributed by atoms with Crippen LogP contribution in [-0.4, -0.2) is 36.0 Å². The van der Waals surface area contributed by atoms with Crippen LogP contribution in [0.15, 0.2) is 24.5 Å². The molecule has 1 aromatic carbocycles.